The van der Waals surface area contributed by atoms with Crippen LogP contribution in [0, 0.1) is 0 Å². The SMILES string of the molecule is CCn1cc[n+](C)c1.O=[P+](OC(F)(F)C(F)(F)F)OC(F)(F)C(F)(F)F. The maximum Gasteiger partial charge on any atom is 0.710 e. The van der Waals surface area contributed by atoms with E-state index in [-0.39, 0.29) is 0 Å². The lowest BCUT2D eigenvalue weighted by Crippen LogP contribution is -2.40. The lowest BCUT2D eigenvalue weighted by Gasteiger charge is -2.14. The molecule has 0 bridgehead atoms. The van der Waals surface area contributed by atoms with Crippen molar-refractivity contribution in [3.8, 4) is 0 Å². The second kappa shape index (κ2) is 8.48. The highest BCUT2D eigenvalue weighted by molar-refractivity contribution is 7.33. The zero-order valence-electron chi connectivity index (χ0n) is 12.8. The molecule has 1 heterocycles. The highest BCUT2D eigenvalue weighted by Gasteiger charge is 2.70. The van der Waals surface area contributed by atoms with Crippen LogP contribution in [0.25, 0.3) is 0 Å². The second-order valence-electron chi connectivity index (χ2n) is 4.34. The van der Waals surface area contributed by atoms with Crippen molar-refractivity contribution in [1.29, 1.82) is 0 Å². The smallest absolute Gasteiger partial charge is 0.240 e. The molecular formula is C10H11F10N2O3P+2. The Hall–Kier alpha value is -1.47. The Morgan fingerprint density at radius 1 is 0.923 bits per heavy atom. The molecule has 0 saturated heterocycles. The summed E-state index contributed by atoms with van der Waals surface area (Å²) in [6.45, 7) is 3.18. The van der Waals surface area contributed by atoms with Crippen LogP contribution in [0.15, 0.2) is 18.7 Å². The number of nitrogens with zero attached hydrogens (tertiary/aromatic N) is 2. The zero-order chi connectivity index (χ0) is 21.0. The van der Waals surface area contributed by atoms with Crippen LogP contribution in [0.1, 0.15) is 6.92 Å². The molecule has 0 unspecified atom stereocenters. The number of hydrogen-bond acceptors (Lipinski definition) is 3. The molecule has 152 valence electrons. The number of rotatable bonds is 5. The van der Waals surface area contributed by atoms with Crippen molar-refractivity contribution in [3.05, 3.63) is 18.7 Å². The third-order valence-electron chi connectivity index (χ3n) is 2.23. The van der Waals surface area contributed by atoms with Crippen molar-refractivity contribution >= 4 is 8.25 Å². The molecule has 0 amide bonds. The van der Waals surface area contributed by atoms with Crippen molar-refractivity contribution < 1.29 is 62.1 Å². The molecule has 0 aromatic carbocycles. The van der Waals surface area contributed by atoms with Crippen molar-refractivity contribution in [1.82, 2.24) is 4.57 Å². The molecule has 26 heavy (non-hydrogen) atoms. The van der Waals surface area contributed by atoms with E-state index < -0.39 is 32.8 Å². The van der Waals surface area contributed by atoms with Gasteiger partial charge in [0.1, 0.15) is 12.4 Å². The molecule has 0 atom stereocenters. The first-order chi connectivity index (χ1) is 11.4. The summed E-state index contributed by atoms with van der Waals surface area (Å²) < 4.78 is 135. The fraction of sp³-hybridized carbons (Fsp3) is 0.700. The first-order valence-corrected chi connectivity index (χ1v) is 7.28. The largest absolute Gasteiger partial charge is 0.710 e. The lowest BCUT2D eigenvalue weighted by atomic mass is 10.6. The average molecular weight is 428 g/mol. The molecule has 0 aliphatic carbocycles. The molecule has 1 rings (SSSR count). The Labute approximate surface area is 140 Å². The summed E-state index contributed by atoms with van der Waals surface area (Å²) in [7, 11) is -3.06. The zero-order valence-corrected chi connectivity index (χ0v) is 13.7. The molecule has 1 aromatic heterocycles. The van der Waals surface area contributed by atoms with Crippen molar-refractivity contribution in [2.24, 2.45) is 7.05 Å². The van der Waals surface area contributed by atoms with Crippen molar-refractivity contribution in [2.45, 2.75) is 38.0 Å². The molecule has 0 aliphatic rings. The quantitative estimate of drug-likeness (QED) is 0.399. The minimum Gasteiger partial charge on any atom is -0.240 e. The molecule has 0 aliphatic heterocycles. The van der Waals surface area contributed by atoms with Crippen LogP contribution in [0.2, 0.25) is 0 Å². The van der Waals surface area contributed by atoms with E-state index in [9.17, 15) is 48.5 Å². The van der Waals surface area contributed by atoms with Crippen LogP contribution < -0.4 is 4.57 Å². The minimum atomic E-state index is -6.46. The Kier molecular flexibility index (Phi) is 8.00. The lowest BCUT2D eigenvalue weighted by molar-refractivity contribution is -0.671. The van der Waals surface area contributed by atoms with Crippen LogP contribution in [0.3, 0.4) is 0 Å². The standard InChI is InChI=1S/C6H11N2.C4F10O3P/c1-3-8-5-4-7(2)6-8;5-1(6,7)3(11,12)16-18(15)17-4(13,14)2(8,9)10/h4-6H,3H2,1-2H3;/q2*+1. The van der Waals surface area contributed by atoms with Crippen LogP contribution >= 0.6 is 8.25 Å². The van der Waals surface area contributed by atoms with E-state index >= 15 is 0 Å². The molecular weight excluding hydrogens is 417 g/mol. The van der Waals surface area contributed by atoms with Crippen molar-refractivity contribution in [3.63, 3.8) is 0 Å². The fourth-order valence-corrected chi connectivity index (χ4v) is 1.62. The van der Waals surface area contributed by atoms with Gasteiger partial charge in [-0.3, -0.25) is 0 Å². The van der Waals surface area contributed by atoms with E-state index in [0.717, 1.165) is 6.54 Å². The van der Waals surface area contributed by atoms with Gasteiger partial charge in [-0.1, -0.05) is 0 Å². The average Bonchev–Trinajstić information content (AvgIpc) is 2.81. The molecule has 0 fully saturated rings. The minimum absolute atomic E-state index is 1.06. The van der Waals surface area contributed by atoms with E-state index in [1.807, 2.05) is 17.8 Å². The van der Waals surface area contributed by atoms with Gasteiger partial charge in [-0.25, -0.2) is 9.13 Å². The Morgan fingerprint density at radius 3 is 1.50 bits per heavy atom. The number of hydrogen-bond donors (Lipinski definition) is 0. The van der Waals surface area contributed by atoms with Gasteiger partial charge in [0.05, 0.1) is 13.6 Å². The van der Waals surface area contributed by atoms with Gasteiger partial charge < -0.3 is 0 Å². The highest BCUT2D eigenvalue weighted by atomic mass is 31.1. The third kappa shape index (κ3) is 7.41. The van der Waals surface area contributed by atoms with Crippen LogP contribution in [0.5, 0.6) is 0 Å². The molecule has 0 N–H and O–H groups in total. The summed E-state index contributed by atoms with van der Waals surface area (Å²) in [4.78, 5) is 0. The van der Waals surface area contributed by atoms with Gasteiger partial charge in [0.15, 0.2) is 0 Å². The number of imidazole rings is 1. The molecule has 0 saturated carbocycles. The second-order valence-corrected chi connectivity index (χ2v) is 5.16. The van der Waals surface area contributed by atoms with Gasteiger partial charge in [0.25, 0.3) is 0 Å². The van der Waals surface area contributed by atoms with E-state index in [1.54, 1.807) is 0 Å². The molecule has 1 aromatic rings. The Bertz CT molecular complexity index is 569. The van der Waals surface area contributed by atoms with Gasteiger partial charge in [-0.05, 0) is 16.0 Å². The van der Waals surface area contributed by atoms with Gasteiger partial charge in [-0.15, -0.1) is 0 Å². The monoisotopic (exact) mass is 428 g/mol. The Morgan fingerprint density at radius 2 is 1.31 bits per heavy atom. The van der Waals surface area contributed by atoms with Crippen LogP contribution in [0.4, 0.5) is 43.9 Å². The van der Waals surface area contributed by atoms with Crippen molar-refractivity contribution in [2.75, 3.05) is 0 Å². The molecule has 0 spiro atoms. The summed E-state index contributed by atoms with van der Waals surface area (Å²) >= 11 is 0. The molecule has 16 heteroatoms. The van der Waals surface area contributed by atoms with Crippen LogP contribution in [-0.2, 0) is 27.2 Å². The molecule has 0 radical (unpaired) electrons. The third-order valence-corrected chi connectivity index (χ3v) is 2.98. The summed E-state index contributed by atoms with van der Waals surface area (Å²) in [6, 6.07) is 0. The van der Waals surface area contributed by atoms with Gasteiger partial charge in [0, 0.05) is 4.57 Å². The fourth-order valence-electron chi connectivity index (χ4n) is 0.998. The van der Waals surface area contributed by atoms with E-state index in [1.165, 1.54) is 0 Å². The van der Waals surface area contributed by atoms with Gasteiger partial charge in [0.2, 0.25) is 6.33 Å². The topological polar surface area (TPSA) is 44.3 Å². The van der Waals surface area contributed by atoms with Gasteiger partial charge in [-0.2, -0.15) is 43.9 Å². The summed E-state index contributed by atoms with van der Waals surface area (Å²) in [5, 5.41) is 0. The number of alkyl halides is 10. The van der Waals surface area contributed by atoms with Gasteiger partial charge >= 0.3 is 32.8 Å². The predicted molar refractivity (Wildman–Crippen MR) is 63.1 cm³/mol. The highest BCUT2D eigenvalue weighted by Crippen LogP contribution is 2.49. The predicted octanol–water partition coefficient (Wildman–Crippen LogP) is 4.32. The summed E-state index contributed by atoms with van der Waals surface area (Å²) in [6.07, 6.45) is -19.2. The first kappa shape index (κ1) is 24.5. The summed E-state index contributed by atoms with van der Waals surface area (Å²) in [5.41, 5.74) is 0. The van der Waals surface area contributed by atoms with Crippen LogP contribution in [-0.4, -0.2) is 29.1 Å². The maximum atomic E-state index is 11.9. The number of halogens is 10. The number of aryl methyl sites for hydroxylation is 2. The van der Waals surface area contributed by atoms with E-state index in [0.29, 0.717) is 0 Å². The summed E-state index contributed by atoms with van der Waals surface area (Å²) in [5.74, 6) is 0. The Balaban J connectivity index is 0.000000642. The van der Waals surface area contributed by atoms with E-state index in [2.05, 4.69) is 33.1 Å². The maximum absolute atomic E-state index is 11.9. The van der Waals surface area contributed by atoms with E-state index in [4.69, 9.17) is 0 Å². The normalized spacial score (nSPS) is 13.2. The number of aromatic nitrogens is 2. The first-order valence-electron chi connectivity index (χ1n) is 6.18. The molecule has 5 nitrogen and oxygen atoms in total.